The summed E-state index contributed by atoms with van der Waals surface area (Å²) in [7, 11) is 1.49. The number of rotatable bonds is 12. The van der Waals surface area contributed by atoms with Gasteiger partial charge in [0.1, 0.15) is 13.2 Å². The highest BCUT2D eigenvalue weighted by molar-refractivity contribution is 6.35. The van der Waals surface area contributed by atoms with Gasteiger partial charge < -0.3 is 18.9 Å². The van der Waals surface area contributed by atoms with E-state index < -0.39 is 5.91 Å². The number of nitrogens with zero attached hydrogens (tertiary/aromatic N) is 1. The van der Waals surface area contributed by atoms with Gasteiger partial charge in [-0.15, -0.1) is 0 Å². The van der Waals surface area contributed by atoms with Crippen molar-refractivity contribution in [2.45, 2.75) is 13.5 Å². The number of hydrogen-bond donors (Lipinski definition) is 1. The summed E-state index contributed by atoms with van der Waals surface area (Å²) in [5, 5.41) is 5.36. The van der Waals surface area contributed by atoms with Gasteiger partial charge in [0.25, 0.3) is 5.91 Å². The average Bonchev–Trinajstić information content (AvgIpc) is 2.88. The zero-order valence-electron chi connectivity index (χ0n) is 20.2. The molecular weight excluding hydrogens is 539 g/mol. The summed E-state index contributed by atoms with van der Waals surface area (Å²) in [6.07, 6.45) is 3.07. The predicted molar refractivity (Wildman–Crippen MR) is 147 cm³/mol. The first-order valence-corrected chi connectivity index (χ1v) is 12.3. The monoisotopic (exact) mass is 562 g/mol. The van der Waals surface area contributed by atoms with E-state index in [-0.39, 0.29) is 6.61 Å². The smallest absolute Gasteiger partial charge is 0.271 e. The van der Waals surface area contributed by atoms with E-state index in [2.05, 4.69) is 17.1 Å². The predicted octanol–water partition coefficient (Wildman–Crippen LogP) is 6.96. The van der Waals surface area contributed by atoms with Crippen LogP contribution in [0.3, 0.4) is 0 Å². The molecule has 0 heterocycles. The van der Waals surface area contributed by atoms with E-state index in [4.69, 9.17) is 53.8 Å². The van der Waals surface area contributed by atoms with Crippen LogP contribution >= 0.6 is 34.8 Å². The van der Waals surface area contributed by atoms with Crippen LogP contribution in [0.4, 0.5) is 0 Å². The second kappa shape index (κ2) is 13.8. The van der Waals surface area contributed by atoms with Crippen LogP contribution in [0.15, 0.2) is 66.3 Å². The van der Waals surface area contributed by atoms with Gasteiger partial charge in [-0.05, 0) is 55.0 Å². The maximum Gasteiger partial charge on any atom is 0.271 e. The van der Waals surface area contributed by atoms with Crippen LogP contribution in [-0.2, 0) is 6.61 Å². The minimum Gasteiger partial charge on any atom is -0.493 e. The Labute approximate surface area is 230 Å². The number of amides is 1. The molecule has 0 atom stereocenters. The van der Waals surface area contributed by atoms with Gasteiger partial charge in [-0.3, -0.25) is 4.79 Å². The van der Waals surface area contributed by atoms with Crippen LogP contribution in [-0.4, -0.2) is 32.4 Å². The van der Waals surface area contributed by atoms with E-state index in [0.717, 1.165) is 5.56 Å². The largest absolute Gasteiger partial charge is 0.493 e. The number of nitrogens with one attached hydrogen (secondary N) is 1. The van der Waals surface area contributed by atoms with E-state index in [1.54, 1.807) is 54.6 Å². The molecule has 3 aromatic rings. The molecule has 0 aliphatic heterocycles. The number of carbonyl (C=O) groups excluding carboxylic acids is 1. The minimum atomic E-state index is -0.430. The Bertz CT molecular complexity index is 1300. The normalized spacial score (nSPS) is 10.7. The standard InChI is InChI=1S/C27H25Cl3N2O5/c1-4-10-36-23-9-7-18(13-24(23)34-3)27(33)32-31-15-17-11-22(30)26(25(12-17)35-5-2)37-16-19-6-8-20(28)14-21(19)29/h4,6-9,11-15H,1,5,10,16H2,2-3H3,(H,32,33)/b31-15+. The molecule has 0 unspecified atom stereocenters. The molecule has 0 aromatic heterocycles. The Morgan fingerprint density at radius 2 is 1.78 bits per heavy atom. The maximum atomic E-state index is 12.6. The number of hydrogen-bond acceptors (Lipinski definition) is 6. The quantitative estimate of drug-likeness (QED) is 0.146. The molecule has 3 rings (SSSR count). The van der Waals surface area contributed by atoms with Crippen molar-refractivity contribution in [3.05, 3.63) is 92.9 Å². The van der Waals surface area contributed by atoms with Gasteiger partial charge >= 0.3 is 0 Å². The third-order valence-electron chi connectivity index (χ3n) is 4.88. The van der Waals surface area contributed by atoms with Crippen LogP contribution in [0, 0.1) is 0 Å². The first-order chi connectivity index (χ1) is 17.9. The SMILES string of the molecule is C=CCOc1ccc(C(=O)N/N=C/c2cc(Cl)c(OCc3ccc(Cl)cc3Cl)c(OCC)c2)cc1OC. The van der Waals surface area contributed by atoms with Crippen molar-refractivity contribution in [2.24, 2.45) is 5.10 Å². The van der Waals surface area contributed by atoms with Gasteiger partial charge in [0.15, 0.2) is 23.0 Å². The van der Waals surface area contributed by atoms with Crippen LogP contribution in [0.5, 0.6) is 23.0 Å². The molecule has 0 bridgehead atoms. The number of hydrazone groups is 1. The minimum absolute atomic E-state index is 0.167. The van der Waals surface area contributed by atoms with Crippen molar-refractivity contribution in [2.75, 3.05) is 20.3 Å². The Kier molecular flexibility index (Phi) is 10.5. The summed E-state index contributed by atoms with van der Waals surface area (Å²) in [5.74, 6) is 1.28. The van der Waals surface area contributed by atoms with Crippen LogP contribution in [0.25, 0.3) is 0 Å². The molecule has 0 radical (unpaired) electrons. The van der Waals surface area contributed by atoms with Crippen LogP contribution in [0.1, 0.15) is 28.4 Å². The third-order valence-corrected chi connectivity index (χ3v) is 5.75. The van der Waals surface area contributed by atoms with Gasteiger partial charge in [0.05, 0.1) is 25.0 Å². The van der Waals surface area contributed by atoms with Crippen molar-refractivity contribution in [3.8, 4) is 23.0 Å². The summed E-state index contributed by atoms with van der Waals surface area (Å²) in [6, 6.07) is 13.3. The maximum absolute atomic E-state index is 12.6. The van der Waals surface area contributed by atoms with E-state index in [1.165, 1.54) is 13.3 Å². The van der Waals surface area contributed by atoms with E-state index in [1.807, 2.05) is 6.92 Å². The van der Waals surface area contributed by atoms with Crippen LogP contribution < -0.4 is 24.4 Å². The van der Waals surface area contributed by atoms with Crippen molar-refractivity contribution >= 4 is 46.9 Å². The summed E-state index contributed by atoms with van der Waals surface area (Å²) < 4.78 is 22.4. The molecule has 7 nitrogen and oxygen atoms in total. The molecule has 3 aromatic carbocycles. The Morgan fingerprint density at radius 3 is 2.49 bits per heavy atom. The van der Waals surface area contributed by atoms with Gasteiger partial charge in [0.2, 0.25) is 0 Å². The lowest BCUT2D eigenvalue weighted by Gasteiger charge is -2.15. The van der Waals surface area contributed by atoms with Crippen LogP contribution in [0.2, 0.25) is 15.1 Å². The highest BCUT2D eigenvalue weighted by Gasteiger charge is 2.14. The second-order valence-electron chi connectivity index (χ2n) is 7.45. The lowest BCUT2D eigenvalue weighted by Crippen LogP contribution is -2.17. The molecule has 0 spiro atoms. The lowest BCUT2D eigenvalue weighted by molar-refractivity contribution is 0.0954. The highest BCUT2D eigenvalue weighted by atomic mass is 35.5. The number of methoxy groups -OCH3 is 1. The number of ether oxygens (including phenoxy) is 4. The fourth-order valence-corrected chi connectivity index (χ4v) is 3.90. The Morgan fingerprint density at radius 1 is 0.973 bits per heavy atom. The van der Waals surface area contributed by atoms with E-state index in [9.17, 15) is 4.79 Å². The van der Waals surface area contributed by atoms with Crippen molar-refractivity contribution < 1.29 is 23.7 Å². The van der Waals surface area contributed by atoms with Crippen molar-refractivity contribution in [3.63, 3.8) is 0 Å². The number of carbonyl (C=O) groups is 1. The molecule has 0 aliphatic rings. The van der Waals surface area contributed by atoms with Gasteiger partial charge in [-0.1, -0.05) is 53.5 Å². The van der Waals surface area contributed by atoms with E-state index in [0.29, 0.717) is 62.4 Å². The Hall–Kier alpha value is -3.39. The summed E-state index contributed by atoms with van der Waals surface area (Å²) in [6.45, 7) is 6.33. The average molecular weight is 564 g/mol. The summed E-state index contributed by atoms with van der Waals surface area (Å²) in [5.41, 5.74) is 4.17. The molecule has 0 saturated heterocycles. The van der Waals surface area contributed by atoms with Crippen molar-refractivity contribution in [1.29, 1.82) is 0 Å². The van der Waals surface area contributed by atoms with Gasteiger partial charge in [-0.25, -0.2) is 5.43 Å². The van der Waals surface area contributed by atoms with Gasteiger partial charge in [0, 0.05) is 21.2 Å². The second-order valence-corrected chi connectivity index (χ2v) is 8.70. The number of benzene rings is 3. The molecule has 10 heteroatoms. The van der Waals surface area contributed by atoms with Gasteiger partial charge in [-0.2, -0.15) is 5.10 Å². The topological polar surface area (TPSA) is 78.4 Å². The fraction of sp³-hybridized carbons (Fsp3) is 0.185. The first kappa shape index (κ1) is 28.2. The third kappa shape index (κ3) is 7.79. The lowest BCUT2D eigenvalue weighted by atomic mass is 10.2. The molecule has 194 valence electrons. The fourth-order valence-electron chi connectivity index (χ4n) is 3.16. The zero-order chi connectivity index (χ0) is 26.8. The molecule has 0 aliphatic carbocycles. The Balaban J connectivity index is 1.71. The molecule has 1 amide bonds. The molecule has 0 saturated carbocycles. The van der Waals surface area contributed by atoms with Crippen molar-refractivity contribution in [1.82, 2.24) is 5.43 Å². The van der Waals surface area contributed by atoms with E-state index >= 15 is 0 Å². The zero-order valence-corrected chi connectivity index (χ0v) is 22.5. The summed E-state index contributed by atoms with van der Waals surface area (Å²) >= 11 is 18.7. The molecule has 0 fully saturated rings. The summed E-state index contributed by atoms with van der Waals surface area (Å²) in [4.78, 5) is 12.6. The molecular formula is C27H25Cl3N2O5. The molecule has 1 N–H and O–H groups in total. The highest BCUT2D eigenvalue weighted by Crippen LogP contribution is 2.37. The first-order valence-electron chi connectivity index (χ1n) is 11.1. The molecule has 37 heavy (non-hydrogen) atoms. The number of halogens is 3.